The zero-order chi connectivity index (χ0) is 24.8. The number of rotatable bonds is 9. The molecule has 0 saturated heterocycles. The second-order valence-corrected chi connectivity index (χ2v) is 9.27. The fourth-order valence-corrected chi connectivity index (χ4v) is 4.43. The Kier molecular flexibility index (Phi) is 7.57. The zero-order valence-corrected chi connectivity index (χ0v) is 20.9. The van der Waals surface area contributed by atoms with Gasteiger partial charge in [-0.2, -0.15) is 5.10 Å². The summed E-state index contributed by atoms with van der Waals surface area (Å²) in [6, 6.07) is 15.4. The molecule has 0 bridgehead atoms. The van der Waals surface area contributed by atoms with Crippen LogP contribution in [0, 0.1) is 5.92 Å². The van der Waals surface area contributed by atoms with Crippen molar-refractivity contribution >= 4 is 28.5 Å². The van der Waals surface area contributed by atoms with Gasteiger partial charge in [0.15, 0.2) is 11.5 Å². The average molecular weight is 490 g/mol. The molecular weight excluding hydrogens is 462 g/mol. The SMILES string of the molecule is COc1ccc(-c2nn(-c3ccccc3)cc2/C=C/C(=O)Nc2nnc(CC(C)C)s2)cc1OC. The number of benzene rings is 2. The van der Waals surface area contributed by atoms with Gasteiger partial charge in [0.1, 0.15) is 10.7 Å². The highest BCUT2D eigenvalue weighted by Gasteiger charge is 2.14. The number of hydrogen-bond donors (Lipinski definition) is 1. The lowest BCUT2D eigenvalue weighted by Gasteiger charge is -2.09. The summed E-state index contributed by atoms with van der Waals surface area (Å²) in [7, 11) is 3.19. The van der Waals surface area contributed by atoms with E-state index < -0.39 is 0 Å². The molecule has 2 heterocycles. The molecule has 0 saturated carbocycles. The van der Waals surface area contributed by atoms with Crippen molar-refractivity contribution in [2.45, 2.75) is 20.3 Å². The lowest BCUT2D eigenvalue weighted by atomic mass is 10.1. The van der Waals surface area contributed by atoms with Gasteiger partial charge >= 0.3 is 0 Å². The standard InChI is InChI=1S/C26H27N5O3S/c1-17(2)14-24-28-29-26(35-24)27-23(32)13-11-19-16-31(20-8-6-5-7-9-20)30-25(19)18-10-12-21(33-3)22(15-18)34-4/h5-13,15-17H,14H2,1-4H3,(H,27,29,32)/b13-11+. The summed E-state index contributed by atoms with van der Waals surface area (Å²) in [6.07, 6.45) is 5.93. The van der Waals surface area contributed by atoms with Crippen LogP contribution in [0.3, 0.4) is 0 Å². The molecule has 2 aromatic carbocycles. The quantitative estimate of drug-likeness (QED) is 0.323. The molecule has 9 heteroatoms. The number of carbonyl (C=O) groups is 1. The Hall–Kier alpha value is -3.98. The number of nitrogens with zero attached hydrogens (tertiary/aromatic N) is 4. The first kappa shape index (κ1) is 24.2. The lowest BCUT2D eigenvalue weighted by molar-refractivity contribution is -0.111. The minimum absolute atomic E-state index is 0.289. The first-order valence-electron chi connectivity index (χ1n) is 11.2. The molecule has 0 aliphatic heterocycles. The Morgan fingerprint density at radius 1 is 1.09 bits per heavy atom. The highest BCUT2D eigenvalue weighted by atomic mass is 32.1. The van der Waals surface area contributed by atoms with Gasteiger partial charge in [0.05, 0.1) is 19.9 Å². The highest BCUT2D eigenvalue weighted by molar-refractivity contribution is 7.15. The number of amides is 1. The van der Waals surface area contributed by atoms with Crippen LogP contribution in [0.25, 0.3) is 23.0 Å². The maximum atomic E-state index is 12.6. The van der Waals surface area contributed by atoms with Crippen molar-refractivity contribution in [1.82, 2.24) is 20.0 Å². The Balaban J connectivity index is 1.63. The summed E-state index contributed by atoms with van der Waals surface area (Å²) in [5, 5.41) is 17.2. The maximum Gasteiger partial charge on any atom is 0.250 e. The predicted octanol–water partition coefficient (Wildman–Crippen LogP) is 5.26. The Morgan fingerprint density at radius 3 is 2.57 bits per heavy atom. The fourth-order valence-electron chi connectivity index (χ4n) is 3.48. The van der Waals surface area contributed by atoms with Gasteiger partial charge in [0, 0.05) is 29.8 Å². The molecule has 0 spiro atoms. The normalized spacial score (nSPS) is 11.2. The second-order valence-electron chi connectivity index (χ2n) is 8.20. The maximum absolute atomic E-state index is 12.6. The van der Waals surface area contributed by atoms with Crippen molar-refractivity contribution in [1.29, 1.82) is 0 Å². The van der Waals surface area contributed by atoms with Gasteiger partial charge in [-0.25, -0.2) is 4.68 Å². The van der Waals surface area contributed by atoms with E-state index in [1.807, 2.05) is 54.7 Å². The molecule has 4 aromatic rings. The molecule has 1 amide bonds. The molecule has 0 unspecified atom stereocenters. The lowest BCUT2D eigenvalue weighted by Crippen LogP contribution is -2.07. The molecular formula is C26H27N5O3S. The average Bonchev–Trinajstić information content (AvgIpc) is 3.49. The first-order chi connectivity index (χ1) is 17.0. The highest BCUT2D eigenvalue weighted by Crippen LogP contribution is 2.33. The van der Waals surface area contributed by atoms with Crippen molar-refractivity contribution < 1.29 is 14.3 Å². The summed E-state index contributed by atoms with van der Waals surface area (Å²) in [5.41, 5.74) is 3.22. The third-order valence-electron chi connectivity index (χ3n) is 5.11. The predicted molar refractivity (Wildman–Crippen MR) is 138 cm³/mol. The van der Waals surface area contributed by atoms with Crippen LogP contribution in [0.2, 0.25) is 0 Å². The monoisotopic (exact) mass is 489 g/mol. The smallest absolute Gasteiger partial charge is 0.250 e. The van der Waals surface area contributed by atoms with Crippen LogP contribution >= 0.6 is 11.3 Å². The van der Waals surface area contributed by atoms with Gasteiger partial charge < -0.3 is 9.47 Å². The number of hydrogen-bond acceptors (Lipinski definition) is 7. The molecule has 0 atom stereocenters. The van der Waals surface area contributed by atoms with Crippen LogP contribution in [0.5, 0.6) is 11.5 Å². The van der Waals surface area contributed by atoms with E-state index in [0.717, 1.165) is 28.2 Å². The van der Waals surface area contributed by atoms with Crippen molar-refractivity contribution in [2.75, 3.05) is 19.5 Å². The van der Waals surface area contributed by atoms with Crippen LogP contribution in [-0.2, 0) is 11.2 Å². The van der Waals surface area contributed by atoms with Gasteiger partial charge in [-0.15, -0.1) is 10.2 Å². The van der Waals surface area contributed by atoms with E-state index in [9.17, 15) is 4.79 Å². The summed E-state index contributed by atoms with van der Waals surface area (Å²) < 4.78 is 12.6. The van der Waals surface area contributed by atoms with E-state index in [0.29, 0.717) is 28.2 Å². The third kappa shape index (κ3) is 5.93. The molecule has 2 aromatic heterocycles. The number of methoxy groups -OCH3 is 2. The van der Waals surface area contributed by atoms with Crippen LogP contribution in [0.4, 0.5) is 5.13 Å². The van der Waals surface area contributed by atoms with E-state index in [1.165, 1.54) is 17.4 Å². The number of nitrogens with one attached hydrogen (secondary N) is 1. The second kappa shape index (κ2) is 11.0. The first-order valence-corrected chi connectivity index (χ1v) is 12.0. The fraction of sp³-hybridized carbons (Fsp3) is 0.231. The number of para-hydroxylation sites is 1. The van der Waals surface area contributed by atoms with Crippen molar-refractivity contribution in [3.63, 3.8) is 0 Å². The Labute approximate surface area is 208 Å². The molecule has 180 valence electrons. The minimum atomic E-state index is -0.289. The summed E-state index contributed by atoms with van der Waals surface area (Å²) >= 11 is 1.39. The number of aromatic nitrogens is 4. The van der Waals surface area contributed by atoms with E-state index in [4.69, 9.17) is 14.6 Å². The van der Waals surface area contributed by atoms with Gasteiger partial charge in [0.25, 0.3) is 0 Å². The number of carbonyl (C=O) groups excluding carboxylic acids is 1. The van der Waals surface area contributed by atoms with Gasteiger partial charge in [-0.3, -0.25) is 10.1 Å². The molecule has 0 aliphatic carbocycles. The zero-order valence-electron chi connectivity index (χ0n) is 20.1. The third-order valence-corrected chi connectivity index (χ3v) is 5.98. The summed E-state index contributed by atoms with van der Waals surface area (Å²) in [5.74, 6) is 1.41. The van der Waals surface area contributed by atoms with E-state index in [-0.39, 0.29) is 5.91 Å². The van der Waals surface area contributed by atoms with Crippen LogP contribution < -0.4 is 14.8 Å². The van der Waals surface area contributed by atoms with Gasteiger partial charge in [-0.1, -0.05) is 43.4 Å². The van der Waals surface area contributed by atoms with E-state index in [1.54, 1.807) is 25.0 Å². The van der Waals surface area contributed by atoms with Crippen molar-refractivity contribution in [3.8, 4) is 28.4 Å². The molecule has 0 radical (unpaired) electrons. The summed E-state index contributed by atoms with van der Waals surface area (Å²) in [6.45, 7) is 4.24. The summed E-state index contributed by atoms with van der Waals surface area (Å²) in [4.78, 5) is 12.6. The molecule has 8 nitrogen and oxygen atoms in total. The number of anilines is 1. The van der Waals surface area contributed by atoms with Crippen molar-refractivity contribution in [3.05, 3.63) is 71.4 Å². The molecule has 0 aliphatic rings. The molecule has 0 fully saturated rings. The number of ether oxygens (including phenoxy) is 2. The van der Waals surface area contributed by atoms with Gasteiger partial charge in [0.2, 0.25) is 11.0 Å². The molecule has 35 heavy (non-hydrogen) atoms. The van der Waals surface area contributed by atoms with Crippen LogP contribution in [0.1, 0.15) is 24.4 Å². The van der Waals surface area contributed by atoms with E-state index >= 15 is 0 Å². The molecule has 4 rings (SSSR count). The Bertz CT molecular complexity index is 1330. The topological polar surface area (TPSA) is 91.2 Å². The Morgan fingerprint density at radius 2 is 1.86 bits per heavy atom. The molecule has 1 N–H and O–H groups in total. The minimum Gasteiger partial charge on any atom is -0.493 e. The van der Waals surface area contributed by atoms with E-state index in [2.05, 4.69) is 29.4 Å². The van der Waals surface area contributed by atoms with Crippen LogP contribution in [-0.4, -0.2) is 40.1 Å². The largest absolute Gasteiger partial charge is 0.493 e. The van der Waals surface area contributed by atoms with Gasteiger partial charge in [-0.05, 0) is 42.3 Å². The van der Waals surface area contributed by atoms with Crippen molar-refractivity contribution in [2.24, 2.45) is 5.92 Å². The van der Waals surface area contributed by atoms with Crippen LogP contribution in [0.15, 0.2) is 60.8 Å².